The number of aromatic nitrogens is 6. The topological polar surface area (TPSA) is 111 Å². The van der Waals surface area contributed by atoms with E-state index in [1.165, 1.54) is 0 Å². The molecule has 0 atom stereocenters. The van der Waals surface area contributed by atoms with Crippen LogP contribution in [0.5, 0.6) is 0 Å². The lowest BCUT2D eigenvalue weighted by molar-refractivity contribution is 0.0397. The first-order valence-electron chi connectivity index (χ1n) is 12.3. The quantitative estimate of drug-likeness (QED) is 0.267. The number of nitrogens with one attached hydrogen (secondary N) is 1. The van der Waals surface area contributed by atoms with Gasteiger partial charge < -0.3 is 15.2 Å². The van der Waals surface area contributed by atoms with E-state index in [4.69, 9.17) is 16.1 Å². The zero-order chi connectivity index (χ0) is 25.7. The summed E-state index contributed by atoms with van der Waals surface area (Å²) in [5, 5.41) is 22.8. The van der Waals surface area contributed by atoms with E-state index in [0.717, 1.165) is 53.9 Å². The molecule has 0 amide bonds. The third kappa shape index (κ3) is 5.66. The molecule has 188 valence electrons. The van der Waals surface area contributed by atoms with Crippen molar-refractivity contribution in [2.75, 3.05) is 25.6 Å². The Morgan fingerprint density at radius 2 is 1.86 bits per heavy atom. The molecule has 3 heterocycles. The van der Waals surface area contributed by atoms with Crippen LogP contribution in [0.25, 0.3) is 22.6 Å². The Hall–Kier alpha value is -4.13. The molecule has 0 saturated heterocycles. The summed E-state index contributed by atoms with van der Waals surface area (Å²) in [5.41, 5.74) is 4.32. The number of anilines is 1. The van der Waals surface area contributed by atoms with E-state index in [-0.39, 0.29) is 0 Å². The summed E-state index contributed by atoms with van der Waals surface area (Å²) >= 11 is 0. The van der Waals surface area contributed by atoms with E-state index in [0.29, 0.717) is 37.0 Å². The van der Waals surface area contributed by atoms with Gasteiger partial charge in [0.2, 0.25) is 5.95 Å². The molecule has 1 saturated carbocycles. The molecular formula is C28H29N7O2. The molecule has 1 aromatic carbocycles. The highest BCUT2D eigenvalue weighted by Gasteiger charge is 2.34. The fraction of sp³-hybridized carbons (Fsp3) is 0.321. The highest BCUT2D eigenvalue weighted by Crippen LogP contribution is 2.37. The molecule has 9 nitrogen and oxygen atoms in total. The van der Waals surface area contributed by atoms with Crippen molar-refractivity contribution in [1.29, 1.82) is 0 Å². The number of hydrogen-bond acceptors (Lipinski definition) is 8. The Morgan fingerprint density at radius 1 is 1.05 bits per heavy atom. The van der Waals surface area contributed by atoms with Crippen molar-refractivity contribution in [3.8, 4) is 35.0 Å². The van der Waals surface area contributed by atoms with Crippen LogP contribution in [0, 0.1) is 12.3 Å². The first-order valence-corrected chi connectivity index (χ1v) is 12.3. The van der Waals surface area contributed by atoms with Crippen molar-refractivity contribution in [2.45, 2.75) is 37.8 Å². The Kier molecular flexibility index (Phi) is 7.21. The van der Waals surface area contributed by atoms with Crippen molar-refractivity contribution in [3.05, 3.63) is 71.7 Å². The van der Waals surface area contributed by atoms with Crippen LogP contribution in [0.15, 0.2) is 54.7 Å². The SMILES string of the molecule is C#Cc1cccc(-c2cc(-c3cn(Cc4cccc(C5(O)CCCC5)n4)nn3)nc(NCCOC)n2)c1. The summed E-state index contributed by atoms with van der Waals surface area (Å²) in [6.45, 7) is 1.51. The zero-order valence-corrected chi connectivity index (χ0v) is 20.8. The van der Waals surface area contributed by atoms with Gasteiger partial charge in [0.1, 0.15) is 11.3 Å². The minimum absolute atomic E-state index is 0.429. The maximum absolute atomic E-state index is 10.9. The summed E-state index contributed by atoms with van der Waals surface area (Å²) in [4.78, 5) is 14.1. The molecule has 3 aromatic heterocycles. The molecular weight excluding hydrogens is 466 g/mol. The van der Waals surface area contributed by atoms with E-state index in [9.17, 15) is 5.11 Å². The van der Waals surface area contributed by atoms with Crippen LogP contribution < -0.4 is 5.32 Å². The Balaban J connectivity index is 1.42. The molecule has 9 heteroatoms. The van der Waals surface area contributed by atoms with Gasteiger partial charge in [0.25, 0.3) is 0 Å². The summed E-state index contributed by atoms with van der Waals surface area (Å²) < 4.78 is 6.86. The van der Waals surface area contributed by atoms with Gasteiger partial charge in [-0.15, -0.1) is 11.5 Å². The molecule has 1 aliphatic carbocycles. The smallest absolute Gasteiger partial charge is 0.223 e. The van der Waals surface area contributed by atoms with Gasteiger partial charge in [-0.05, 0) is 43.2 Å². The Bertz CT molecular complexity index is 1420. The largest absolute Gasteiger partial charge is 0.384 e. The molecule has 2 N–H and O–H groups in total. The number of hydrogen-bond donors (Lipinski definition) is 2. The highest BCUT2D eigenvalue weighted by molar-refractivity contribution is 5.68. The number of benzene rings is 1. The molecule has 0 unspecified atom stereocenters. The lowest BCUT2D eigenvalue weighted by atomic mass is 9.97. The average molecular weight is 496 g/mol. The predicted octanol–water partition coefficient (Wildman–Crippen LogP) is 3.65. The second kappa shape index (κ2) is 10.9. The van der Waals surface area contributed by atoms with Gasteiger partial charge >= 0.3 is 0 Å². The number of nitrogens with zero attached hydrogens (tertiary/aromatic N) is 6. The molecule has 0 spiro atoms. The highest BCUT2D eigenvalue weighted by atomic mass is 16.5. The van der Waals surface area contributed by atoms with Crippen LogP contribution in [0.4, 0.5) is 5.95 Å². The van der Waals surface area contributed by atoms with Crippen molar-refractivity contribution in [1.82, 2.24) is 29.9 Å². The van der Waals surface area contributed by atoms with Crippen LogP contribution in [0.2, 0.25) is 0 Å². The Morgan fingerprint density at radius 3 is 2.68 bits per heavy atom. The minimum atomic E-state index is -0.830. The molecule has 0 radical (unpaired) electrons. The van der Waals surface area contributed by atoms with Crippen molar-refractivity contribution < 1.29 is 9.84 Å². The average Bonchev–Trinajstić information content (AvgIpc) is 3.59. The number of aliphatic hydroxyl groups is 1. The molecule has 0 bridgehead atoms. The fourth-order valence-electron chi connectivity index (χ4n) is 4.54. The lowest BCUT2D eigenvalue weighted by Crippen LogP contribution is -2.23. The number of pyridine rings is 1. The minimum Gasteiger partial charge on any atom is -0.384 e. The second-order valence-corrected chi connectivity index (χ2v) is 9.16. The van der Waals surface area contributed by atoms with Gasteiger partial charge in [0.05, 0.1) is 42.1 Å². The van der Waals surface area contributed by atoms with Crippen molar-refractivity contribution in [2.24, 2.45) is 0 Å². The van der Waals surface area contributed by atoms with Crippen LogP contribution >= 0.6 is 0 Å². The number of methoxy groups -OCH3 is 1. The van der Waals surface area contributed by atoms with E-state index in [1.807, 2.05) is 54.7 Å². The maximum Gasteiger partial charge on any atom is 0.223 e. The third-order valence-electron chi connectivity index (χ3n) is 6.48. The lowest BCUT2D eigenvalue weighted by Gasteiger charge is -2.21. The van der Waals surface area contributed by atoms with Gasteiger partial charge in [-0.3, -0.25) is 4.98 Å². The van der Waals surface area contributed by atoms with Gasteiger partial charge in [-0.2, -0.15) is 0 Å². The van der Waals surface area contributed by atoms with Gasteiger partial charge in [0.15, 0.2) is 0 Å². The van der Waals surface area contributed by atoms with Crippen molar-refractivity contribution in [3.63, 3.8) is 0 Å². The van der Waals surface area contributed by atoms with Gasteiger partial charge in [0, 0.05) is 24.8 Å². The number of ether oxygens (including phenoxy) is 1. The summed E-state index contributed by atoms with van der Waals surface area (Å²) in [6.07, 6.45) is 11.0. The first-order chi connectivity index (χ1) is 18.1. The fourth-order valence-corrected chi connectivity index (χ4v) is 4.54. The van der Waals surface area contributed by atoms with E-state index >= 15 is 0 Å². The van der Waals surface area contributed by atoms with Gasteiger partial charge in [-0.1, -0.05) is 42.2 Å². The maximum atomic E-state index is 10.9. The molecule has 1 aliphatic rings. The molecule has 0 aliphatic heterocycles. The van der Waals surface area contributed by atoms with E-state index in [2.05, 4.69) is 31.5 Å². The van der Waals surface area contributed by atoms with E-state index < -0.39 is 5.60 Å². The number of rotatable bonds is 9. The number of terminal acetylenes is 1. The van der Waals surface area contributed by atoms with Crippen LogP contribution in [-0.2, 0) is 16.9 Å². The second-order valence-electron chi connectivity index (χ2n) is 9.16. The molecule has 4 aromatic rings. The summed E-state index contributed by atoms with van der Waals surface area (Å²) in [7, 11) is 1.65. The predicted molar refractivity (Wildman–Crippen MR) is 140 cm³/mol. The normalized spacial score (nSPS) is 14.4. The molecule has 1 fully saturated rings. The molecule has 37 heavy (non-hydrogen) atoms. The monoisotopic (exact) mass is 495 g/mol. The van der Waals surface area contributed by atoms with Crippen LogP contribution in [0.1, 0.15) is 42.6 Å². The Labute approximate surface area is 216 Å². The zero-order valence-electron chi connectivity index (χ0n) is 20.8. The van der Waals surface area contributed by atoms with Gasteiger partial charge in [-0.25, -0.2) is 14.6 Å². The standard InChI is InChI=1S/C28H29N7O2/c1-3-20-8-6-9-21(16-20)23-17-24(32-27(31-23)29-14-15-37-2)25-19-35(34-33-25)18-22-10-7-11-26(30-22)28(36)12-4-5-13-28/h1,6-11,16-17,19,36H,4-5,12-15,18H2,2H3,(H,29,31,32). The first kappa shape index (κ1) is 24.6. The summed E-state index contributed by atoms with van der Waals surface area (Å²) in [5.74, 6) is 3.13. The van der Waals surface area contributed by atoms with Crippen molar-refractivity contribution >= 4 is 5.95 Å². The van der Waals surface area contributed by atoms with E-state index in [1.54, 1.807) is 11.8 Å². The molecule has 5 rings (SSSR count). The summed E-state index contributed by atoms with van der Waals surface area (Å²) in [6, 6.07) is 15.3. The van der Waals surface area contributed by atoms with Crippen LogP contribution in [0.3, 0.4) is 0 Å². The van der Waals surface area contributed by atoms with Crippen LogP contribution in [-0.4, -0.2) is 55.3 Å². The third-order valence-corrected chi connectivity index (χ3v) is 6.48.